The molecule has 0 spiro atoms. The van der Waals surface area contributed by atoms with E-state index >= 15 is 0 Å². The van der Waals surface area contributed by atoms with Gasteiger partial charge in [0.05, 0.1) is 4.92 Å². The first kappa shape index (κ1) is 15.4. The third-order valence-corrected chi connectivity index (χ3v) is 3.65. The van der Waals surface area contributed by atoms with Gasteiger partial charge >= 0.3 is 0 Å². The Bertz CT molecular complexity index is 958. The molecule has 1 aromatic heterocycles. The van der Waals surface area contributed by atoms with E-state index < -0.39 is 4.92 Å². The quantitative estimate of drug-likeness (QED) is 0.386. The number of nitrogens with zero attached hydrogens (tertiary/aromatic N) is 1. The van der Waals surface area contributed by atoms with Gasteiger partial charge in [-0.1, -0.05) is 24.3 Å². The molecule has 0 saturated heterocycles. The fraction of sp³-hybridized carbons (Fsp3) is 0.0588. The Morgan fingerprint density at radius 3 is 2.54 bits per heavy atom. The Labute approximate surface area is 137 Å². The highest BCUT2D eigenvalue weighted by Gasteiger charge is 2.16. The van der Waals surface area contributed by atoms with Crippen molar-refractivity contribution >= 4 is 33.9 Å². The average molecular weight is 322 g/mol. The van der Waals surface area contributed by atoms with Crippen molar-refractivity contribution in [2.75, 3.05) is 5.32 Å². The summed E-state index contributed by atoms with van der Waals surface area (Å²) in [4.78, 5) is 25.7. The van der Waals surface area contributed by atoms with E-state index in [1.54, 1.807) is 49.4 Å². The third-order valence-electron chi connectivity index (χ3n) is 3.65. The largest absolute Gasteiger partial charge is 0.345 e. The average Bonchev–Trinajstić information content (AvgIpc) is 2.99. The van der Waals surface area contributed by atoms with Gasteiger partial charge in [0.15, 0.2) is 0 Å². The van der Waals surface area contributed by atoms with Crippen LogP contribution in [0, 0.1) is 15.5 Å². The highest BCUT2D eigenvalue weighted by Crippen LogP contribution is 2.25. The Kier molecular flexibility index (Phi) is 3.83. The molecule has 1 heterocycles. The first-order valence-electron chi connectivity index (χ1n) is 7.19. The molecule has 7 nitrogen and oxygen atoms in total. The zero-order chi connectivity index (χ0) is 17.3. The van der Waals surface area contributed by atoms with Crippen LogP contribution in [0.4, 0.5) is 11.4 Å². The number of aromatic amines is 1. The summed E-state index contributed by atoms with van der Waals surface area (Å²) in [6.45, 7) is 1.69. The molecule has 3 aromatic rings. The summed E-state index contributed by atoms with van der Waals surface area (Å²) >= 11 is 0. The maximum Gasteiger partial charge on any atom is 0.293 e. The highest BCUT2D eigenvalue weighted by atomic mass is 16.6. The fourth-order valence-corrected chi connectivity index (χ4v) is 2.42. The van der Waals surface area contributed by atoms with Crippen LogP contribution in [-0.2, 0) is 0 Å². The third kappa shape index (κ3) is 2.87. The van der Waals surface area contributed by atoms with Crippen LogP contribution in [-0.4, -0.2) is 21.5 Å². The van der Waals surface area contributed by atoms with Crippen LogP contribution >= 0.6 is 0 Å². The molecule has 0 unspecified atom stereocenters. The maximum absolute atomic E-state index is 12.3. The van der Waals surface area contributed by atoms with Crippen molar-refractivity contribution < 1.29 is 9.72 Å². The summed E-state index contributed by atoms with van der Waals surface area (Å²) in [6.07, 6.45) is 0. The minimum atomic E-state index is -0.487. The lowest BCUT2D eigenvalue weighted by atomic mass is 10.1. The van der Waals surface area contributed by atoms with Crippen molar-refractivity contribution in [3.05, 3.63) is 69.9 Å². The van der Waals surface area contributed by atoms with Crippen molar-refractivity contribution in [3.63, 3.8) is 0 Å². The molecular formula is C17H14N4O3. The molecule has 0 bridgehead atoms. The second kappa shape index (κ2) is 5.96. The molecule has 3 rings (SSSR count). The van der Waals surface area contributed by atoms with Gasteiger partial charge in [-0.2, -0.15) is 0 Å². The smallest absolute Gasteiger partial charge is 0.293 e. The zero-order valence-electron chi connectivity index (χ0n) is 12.8. The van der Waals surface area contributed by atoms with E-state index in [4.69, 9.17) is 5.41 Å². The Morgan fingerprint density at radius 2 is 1.92 bits per heavy atom. The monoisotopic (exact) mass is 322 g/mol. The van der Waals surface area contributed by atoms with Gasteiger partial charge in [0, 0.05) is 22.9 Å². The van der Waals surface area contributed by atoms with Crippen molar-refractivity contribution in [3.8, 4) is 0 Å². The van der Waals surface area contributed by atoms with Crippen LogP contribution < -0.4 is 5.32 Å². The number of nitro groups is 1. The van der Waals surface area contributed by atoms with Crippen molar-refractivity contribution in [1.82, 2.24) is 4.98 Å². The van der Waals surface area contributed by atoms with E-state index in [1.165, 1.54) is 6.07 Å². The Hall–Kier alpha value is -3.48. The lowest BCUT2D eigenvalue weighted by Crippen LogP contribution is -2.12. The molecule has 0 aliphatic heterocycles. The summed E-state index contributed by atoms with van der Waals surface area (Å²) in [5, 5.41) is 21.9. The summed E-state index contributed by atoms with van der Waals surface area (Å²) in [5.74, 6) is -0.389. The summed E-state index contributed by atoms with van der Waals surface area (Å²) < 4.78 is 0. The van der Waals surface area contributed by atoms with Gasteiger partial charge in [0.2, 0.25) is 0 Å². The number of H-pyrrole nitrogens is 1. The van der Waals surface area contributed by atoms with Crippen LogP contribution in [0.25, 0.3) is 10.9 Å². The van der Waals surface area contributed by atoms with Gasteiger partial charge in [-0.15, -0.1) is 0 Å². The van der Waals surface area contributed by atoms with Crippen LogP contribution in [0.2, 0.25) is 0 Å². The van der Waals surface area contributed by atoms with Gasteiger partial charge in [0.25, 0.3) is 11.6 Å². The van der Waals surface area contributed by atoms with Gasteiger partial charge in [-0.3, -0.25) is 14.9 Å². The first-order valence-corrected chi connectivity index (χ1v) is 7.19. The second-order valence-electron chi connectivity index (χ2n) is 5.34. The van der Waals surface area contributed by atoms with Gasteiger partial charge in [0.1, 0.15) is 11.2 Å². The molecule has 0 saturated carbocycles. The molecule has 0 radical (unpaired) electrons. The number of rotatable bonds is 4. The minimum absolute atomic E-state index is 0.0719. The van der Waals surface area contributed by atoms with Gasteiger partial charge in [-0.05, 0) is 30.7 Å². The normalized spacial score (nSPS) is 10.5. The number of carbonyl (C=O) groups excluding carboxylic acids is 1. The number of hydrogen-bond acceptors (Lipinski definition) is 4. The summed E-state index contributed by atoms with van der Waals surface area (Å²) in [7, 11) is 0. The van der Waals surface area contributed by atoms with Crippen LogP contribution in [0.15, 0.2) is 48.5 Å². The minimum Gasteiger partial charge on any atom is -0.345 e. The Morgan fingerprint density at radius 1 is 1.21 bits per heavy atom. The number of aromatic nitrogens is 1. The van der Waals surface area contributed by atoms with Crippen LogP contribution in [0.1, 0.15) is 23.0 Å². The number of para-hydroxylation sites is 1. The topological polar surface area (TPSA) is 112 Å². The molecule has 120 valence electrons. The van der Waals surface area contributed by atoms with Gasteiger partial charge < -0.3 is 15.7 Å². The van der Waals surface area contributed by atoms with E-state index in [9.17, 15) is 14.9 Å². The standard InChI is InChI=1S/C17H14N4O3/c1-10(18)11-5-7-13(8-6-11)19-17(22)14-9-12-3-2-4-15(21(23)24)16(12)20-14/h2-9,18,20H,1H3,(H,19,22). The van der Waals surface area contributed by atoms with Crippen molar-refractivity contribution in [2.24, 2.45) is 0 Å². The fourth-order valence-electron chi connectivity index (χ4n) is 2.42. The zero-order valence-corrected chi connectivity index (χ0v) is 12.8. The lowest BCUT2D eigenvalue weighted by Gasteiger charge is -2.05. The van der Waals surface area contributed by atoms with E-state index in [-0.39, 0.29) is 17.3 Å². The van der Waals surface area contributed by atoms with E-state index in [0.717, 1.165) is 5.56 Å². The molecule has 24 heavy (non-hydrogen) atoms. The number of hydrogen-bond donors (Lipinski definition) is 3. The SMILES string of the molecule is CC(=N)c1ccc(NC(=O)c2cc3cccc([N+](=O)[O-])c3[nH]2)cc1. The number of amides is 1. The number of carbonyl (C=O) groups is 1. The summed E-state index contributed by atoms with van der Waals surface area (Å²) in [5.41, 5.74) is 2.29. The van der Waals surface area contributed by atoms with E-state index in [2.05, 4.69) is 10.3 Å². The molecule has 7 heteroatoms. The van der Waals surface area contributed by atoms with E-state index in [0.29, 0.717) is 22.3 Å². The predicted molar refractivity (Wildman–Crippen MR) is 91.9 cm³/mol. The molecular weight excluding hydrogens is 308 g/mol. The molecule has 0 fully saturated rings. The molecule has 3 N–H and O–H groups in total. The van der Waals surface area contributed by atoms with Crippen LogP contribution in [0.5, 0.6) is 0 Å². The van der Waals surface area contributed by atoms with Crippen molar-refractivity contribution in [1.29, 1.82) is 5.41 Å². The number of benzene rings is 2. The Balaban J connectivity index is 1.87. The molecule has 0 aliphatic rings. The van der Waals surface area contributed by atoms with E-state index in [1.807, 2.05) is 0 Å². The number of nitro benzene ring substituents is 1. The molecule has 2 aromatic carbocycles. The number of anilines is 1. The highest BCUT2D eigenvalue weighted by molar-refractivity contribution is 6.07. The summed E-state index contributed by atoms with van der Waals surface area (Å²) in [6, 6.07) is 13.1. The number of nitrogens with one attached hydrogen (secondary N) is 3. The van der Waals surface area contributed by atoms with Gasteiger partial charge in [-0.25, -0.2) is 0 Å². The van der Waals surface area contributed by atoms with Crippen LogP contribution in [0.3, 0.4) is 0 Å². The predicted octanol–water partition coefficient (Wildman–Crippen LogP) is 3.72. The second-order valence-corrected chi connectivity index (χ2v) is 5.34. The molecule has 1 amide bonds. The maximum atomic E-state index is 12.3. The molecule has 0 atom stereocenters. The number of fused-ring (bicyclic) bond motifs is 1. The lowest BCUT2D eigenvalue weighted by molar-refractivity contribution is -0.383. The van der Waals surface area contributed by atoms with Crippen molar-refractivity contribution in [2.45, 2.75) is 6.92 Å². The first-order chi connectivity index (χ1) is 11.5. The molecule has 0 aliphatic carbocycles. The number of non-ortho nitro benzene ring substituents is 1.